The van der Waals surface area contributed by atoms with E-state index in [-0.39, 0.29) is 0 Å². The molecule has 0 aliphatic rings. The first-order valence-corrected chi connectivity index (χ1v) is 9.15. The Morgan fingerprint density at radius 3 is 2.48 bits per heavy atom. The van der Waals surface area contributed by atoms with E-state index in [0.29, 0.717) is 23.7 Å². The number of methoxy groups -OCH3 is 1. The molecule has 1 aromatic heterocycles. The van der Waals surface area contributed by atoms with E-state index in [4.69, 9.17) is 9.47 Å². The maximum Gasteiger partial charge on any atom is 0.344 e. The lowest BCUT2D eigenvalue weighted by Crippen LogP contribution is -2.11. The van der Waals surface area contributed by atoms with Crippen molar-refractivity contribution in [2.24, 2.45) is 0 Å². The predicted octanol–water partition coefficient (Wildman–Crippen LogP) is 4.58. The predicted molar refractivity (Wildman–Crippen MR) is 104 cm³/mol. The molecule has 0 unspecified atom stereocenters. The SMILES string of the molecule is CCCCc1ccc(C(=O)Oc2cc(COC)nn2-c2ccccc2)cc1. The maximum absolute atomic E-state index is 12.6. The quantitative estimate of drug-likeness (QED) is 0.549. The molecular weight excluding hydrogens is 340 g/mol. The van der Waals surface area contributed by atoms with Crippen LogP contribution in [0.5, 0.6) is 5.88 Å². The van der Waals surface area contributed by atoms with E-state index >= 15 is 0 Å². The molecule has 3 aromatic rings. The Labute approximate surface area is 159 Å². The zero-order valence-electron chi connectivity index (χ0n) is 15.7. The molecule has 0 aliphatic heterocycles. The Balaban J connectivity index is 1.80. The Morgan fingerprint density at radius 1 is 1.07 bits per heavy atom. The van der Waals surface area contributed by atoms with Crippen LogP contribution in [-0.2, 0) is 17.8 Å². The molecular formula is C22H24N2O3. The molecule has 0 N–H and O–H groups in total. The van der Waals surface area contributed by atoms with Crippen LogP contribution in [0.15, 0.2) is 60.7 Å². The molecule has 5 nitrogen and oxygen atoms in total. The first-order chi connectivity index (χ1) is 13.2. The molecule has 0 amide bonds. The van der Waals surface area contributed by atoms with Gasteiger partial charge in [0.2, 0.25) is 5.88 Å². The van der Waals surface area contributed by atoms with Crippen molar-refractivity contribution in [1.29, 1.82) is 0 Å². The Morgan fingerprint density at radius 2 is 1.81 bits per heavy atom. The van der Waals surface area contributed by atoms with E-state index in [0.717, 1.165) is 24.9 Å². The van der Waals surface area contributed by atoms with Crippen molar-refractivity contribution in [2.75, 3.05) is 7.11 Å². The number of aryl methyl sites for hydroxylation is 1. The number of esters is 1. The minimum atomic E-state index is -0.405. The average Bonchev–Trinajstić information content (AvgIpc) is 3.10. The summed E-state index contributed by atoms with van der Waals surface area (Å²) in [5, 5.41) is 4.48. The third-order valence-electron chi connectivity index (χ3n) is 4.23. The monoisotopic (exact) mass is 364 g/mol. The number of para-hydroxylation sites is 1. The molecule has 0 saturated heterocycles. The molecule has 0 atom stereocenters. The molecule has 5 heteroatoms. The lowest BCUT2D eigenvalue weighted by Gasteiger charge is -2.08. The van der Waals surface area contributed by atoms with Crippen LogP contribution in [0.2, 0.25) is 0 Å². The van der Waals surface area contributed by atoms with E-state index in [2.05, 4.69) is 12.0 Å². The van der Waals surface area contributed by atoms with Crippen LogP contribution in [-0.4, -0.2) is 22.9 Å². The average molecular weight is 364 g/mol. The van der Waals surface area contributed by atoms with Crippen LogP contribution in [0.4, 0.5) is 0 Å². The summed E-state index contributed by atoms with van der Waals surface area (Å²) >= 11 is 0. The minimum Gasteiger partial charge on any atom is -0.404 e. The van der Waals surface area contributed by atoms with Crippen molar-refractivity contribution >= 4 is 5.97 Å². The number of benzene rings is 2. The van der Waals surface area contributed by atoms with Gasteiger partial charge in [-0.25, -0.2) is 9.48 Å². The van der Waals surface area contributed by atoms with E-state index in [1.54, 1.807) is 17.9 Å². The number of rotatable bonds is 8. The molecule has 2 aromatic carbocycles. The van der Waals surface area contributed by atoms with E-state index in [9.17, 15) is 4.79 Å². The number of aromatic nitrogens is 2. The highest BCUT2D eigenvalue weighted by atomic mass is 16.5. The van der Waals surface area contributed by atoms with Crippen LogP contribution in [0.1, 0.15) is 41.4 Å². The van der Waals surface area contributed by atoms with Gasteiger partial charge in [0.25, 0.3) is 0 Å². The summed E-state index contributed by atoms with van der Waals surface area (Å²) in [7, 11) is 1.60. The van der Waals surface area contributed by atoms with Gasteiger partial charge in [-0.15, -0.1) is 0 Å². The lowest BCUT2D eigenvalue weighted by molar-refractivity contribution is 0.0723. The molecule has 0 spiro atoms. The first kappa shape index (κ1) is 18.9. The summed E-state index contributed by atoms with van der Waals surface area (Å²) in [5.41, 5.74) is 3.26. The maximum atomic E-state index is 12.6. The van der Waals surface area contributed by atoms with Gasteiger partial charge in [-0.05, 0) is 42.7 Å². The number of hydrogen-bond donors (Lipinski definition) is 0. The highest BCUT2D eigenvalue weighted by Crippen LogP contribution is 2.21. The van der Waals surface area contributed by atoms with Gasteiger partial charge < -0.3 is 9.47 Å². The molecule has 3 rings (SSSR count). The normalized spacial score (nSPS) is 10.7. The van der Waals surface area contributed by atoms with Crippen molar-refractivity contribution in [3.63, 3.8) is 0 Å². The summed E-state index contributed by atoms with van der Waals surface area (Å²) in [5.74, 6) is -0.0357. The van der Waals surface area contributed by atoms with E-state index in [1.165, 1.54) is 5.56 Å². The van der Waals surface area contributed by atoms with Crippen molar-refractivity contribution in [3.05, 3.63) is 77.5 Å². The number of nitrogens with zero attached hydrogens (tertiary/aromatic N) is 2. The largest absolute Gasteiger partial charge is 0.404 e. The standard InChI is InChI=1S/C22H24N2O3/c1-3-4-8-17-11-13-18(14-12-17)22(25)27-21-15-19(16-26-2)23-24(21)20-9-6-5-7-10-20/h5-7,9-15H,3-4,8,16H2,1-2H3. The summed E-state index contributed by atoms with van der Waals surface area (Å²) in [6, 6.07) is 18.9. The summed E-state index contributed by atoms with van der Waals surface area (Å²) < 4.78 is 12.4. The topological polar surface area (TPSA) is 53.4 Å². The van der Waals surface area contributed by atoms with Gasteiger partial charge >= 0.3 is 5.97 Å². The highest BCUT2D eigenvalue weighted by Gasteiger charge is 2.16. The molecule has 0 bridgehead atoms. The van der Waals surface area contributed by atoms with Gasteiger partial charge in [0.05, 0.1) is 23.6 Å². The lowest BCUT2D eigenvalue weighted by atomic mass is 10.1. The second-order valence-corrected chi connectivity index (χ2v) is 6.34. The van der Waals surface area contributed by atoms with E-state index < -0.39 is 5.97 Å². The number of carbonyl (C=O) groups is 1. The molecule has 27 heavy (non-hydrogen) atoms. The molecule has 0 fully saturated rings. The van der Waals surface area contributed by atoms with Crippen LogP contribution < -0.4 is 4.74 Å². The van der Waals surface area contributed by atoms with Gasteiger partial charge in [0.1, 0.15) is 0 Å². The second kappa shape index (κ2) is 9.14. The van der Waals surface area contributed by atoms with Crippen molar-refractivity contribution in [3.8, 4) is 11.6 Å². The van der Waals surface area contributed by atoms with Crippen molar-refractivity contribution in [1.82, 2.24) is 9.78 Å². The fourth-order valence-electron chi connectivity index (χ4n) is 2.80. The molecule has 140 valence electrons. The molecule has 0 saturated carbocycles. The zero-order valence-corrected chi connectivity index (χ0v) is 15.7. The van der Waals surface area contributed by atoms with Gasteiger partial charge in [0, 0.05) is 13.2 Å². The highest BCUT2D eigenvalue weighted by molar-refractivity contribution is 5.91. The van der Waals surface area contributed by atoms with Gasteiger partial charge in [-0.3, -0.25) is 0 Å². The summed E-state index contributed by atoms with van der Waals surface area (Å²) in [4.78, 5) is 12.6. The van der Waals surface area contributed by atoms with Crippen LogP contribution in [0.3, 0.4) is 0 Å². The Bertz CT molecular complexity index is 870. The third kappa shape index (κ3) is 4.83. The number of unbranched alkanes of at least 4 members (excludes halogenated alkanes) is 1. The fourth-order valence-corrected chi connectivity index (χ4v) is 2.80. The van der Waals surface area contributed by atoms with Gasteiger partial charge in [0.15, 0.2) is 0 Å². The number of ether oxygens (including phenoxy) is 2. The van der Waals surface area contributed by atoms with E-state index in [1.807, 2.05) is 54.6 Å². The molecule has 0 aliphatic carbocycles. The Kier molecular flexibility index (Phi) is 6.39. The van der Waals surface area contributed by atoms with Gasteiger partial charge in [-0.1, -0.05) is 43.7 Å². The van der Waals surface area contributed by atoms with Gasteiger partial charge in [-0.2, -0.15) is 5.10 Å². The number of carbonyl (C=O) groups excluding carboxylic acids is 1. The Hall–Kier alpha value is -2.92. The zero-order chi connectivity index (χ0) is 19.1. The fraction of sp³-hybridized carbons (Fsp3) is 0.273. The first-order valence-electron chi connectivity index (χ1n) is 9.15. The summed E-state index contributed by atoms with van der Waals surface area (Å²) in [6.45, 7) is 2.51. The third-order valence-corrected chi connectivity index (χ3v) is 4.23. The smallest absolute Gasteiger partial charge is 0.344 e. The summed E-state index contributed by atoms with van der Waals surface area (Å²) in [6.07, 6.45) is 3.31. The van der Waals surface area contributed by atoms with Crippen LogP contribution >= 0.6 is 0 Å². The second-order valence-electron chi connectivity index (χ2n) is 6.34. The van der Waals surface area contributed by atoms with Crippen LogP contribution in [0, 0.1) is 0 Å². The molecule has 1 heterocycles. The van der Waals surface area contributed by atoms with Crippen molar-refractivity contribution < 1.29 is 14.3 Å². The van der Waals surface area contributed by atoms with Crippen LogP contribution in [0.25, 0.3) is 5.69 Å². The molecule has 0 radical (unpaired) electrons. The minimum absolute atomic E-state index is 0.344. The van der Waals surface area contributed by atoms with Crippen molar-refractivity contribution in [2.45, 2.75) is 32.8 Å². The number of hydrogen-bond acceptors (Lipinski definition) is 4.